The zero-order chi connectivity index (χ0) is 21.3. The fourth-order valence-electron chi connectivity index (χ4n) is 3.48. The average Bonchev–Trinajstić information content (AvgIpc) is 3.45. The topological polar surface area (TPSA) is 95.6 Å². The van der Waals surface area contributed by atoms with Crippen molar-refractivity contribution in [3.05, 3.63) is 53.0 Å². The van der Waals surface area contributed by atoms with Crippen molar-refractivity contribution in [2.24, 2.45) is 5.92 Å². The molecular weight excluding hydrogens is 470 g/mol. The summed E-state index contributed by atoms with van der Waals surface area (Å²) in [6.45, 7) is 0.308. The molecule has 1 aliphatic carbocycles. The first-order chi connectivity index (χ1) is 14.3. The van der Waals surface area contributed by atoms with Gasteiger partial charge in [0.1, 0.15) is 6.04 Å². The van der Waals surface area contributed by atoms with E-state index in [1.807, 2.05) is 0 Å². The van der Waals surface area contributed by atoms with E-state index in [0.29, 0.717) is 30.8 Å². The number of halogens is 1. The Morgan fingerprint density at radius 2 is 1.43 bits per heavy atom. The number of nitrogens with zero attached hydrogens (tertiary/aromatic N) is 1. The van der Waals surface area contributed by atoms with Crippen molar-refractivity contribution in [2.75, 3.05) is 17.2 Å². The number of rotatable bonds is 6. The largest absolute Gasteiger partial charge is 0.326 e. The molecule has 1 saturated heterocycles. The van der Waals surface area contributed by atoms with Gasteiger partial charge in [0, 0.05) is 28.3 Å². The molecule has 2 aliphatic rings. The van der Waals surface area contributed by atoms with Crippen LogP contribution >= 0.6 is 15.9 Å². The number of carbonyl (C=O) groups excluding carboxylic acids is 2. The molecule has 158 valence electrons. The lowest BCUT2D eigenvalue weighted by atomic mass is 10.2. The number of hydrogen-bond acceptors (Lipinski definition) is 4. The van der Waals surface area contributed by atoms with Crippen LogP contribution in [0.4, 0.5) is 11.4 Å². The van der Waals surface area contributed by atoms with E-state index in [1.165, 1.54) is 16.4 Å². The number of nitrogens with one attached hydrogen (secondary N) is 2. The van der Waals surface area contributed by atoms with Gasteiger partial charge >= 0.3 is 0 Å². The Morgan fingerprint density at radius 3 is 2.00 bits per heavy atom. The van der Waals surface area contributed by atoms with Gasteiger partial charge in [0.2, 0.25) is 21.8 Å². The van der Waals surface area contributed by atoms with Gasteiger partial charge in [0.15, 0.2) is 0 Å². The number of anilines is 2. The van der Waals surface area contributed by atoms with Gasteiger partial charge in [-0.3, -0.25) is 9.59 Å². The van der Waals surface area contributed by atoms with Crippen molar-refractivity contribution in [3.8, 4) is 0 Å². The van der Waals surface area contributed by atoms with E-state index in [9.17, 15) is 18.0 Å². The van der Waals surface area contributed by atoms with Gasteiger partial charge in [-0.15, -0.1) is 0 Å². The molecule has 1 aliphatic heterocycles. The number of sulfonamides is 1. The highest BCUT2D eigenvalue weighted by molar-refractivity contribution is 9.10. The van der Waals surface area contributed by atoms with Crippen LogP contribution in [0.2, 0.25) is 0 Å². The van der Waals surface area contributed by atoms with Crippen LogP contribution < -0.4 is 10.6 Å². The SMILES string of the molecule is O=C(Nc1ccc(NC(=O)C2CCCN2S(=O)(=O)c2ccc(Br)cc2)cc1)C1CC1. The quantitative estimate of drug-likeness (QED) is 0.645. The zero-order valence-corrected chi connectivity index (χ0v) is 18.6. The number of hydrogen-bond donors (Lipinski definition) is 2. The van der Waals surface area contributed by atoms with E-state index >= 15 is 0 Å². The molecule has 0 bridgehead atoms. The van der Waals surface area contributed by atoms with E-state index in [4.69, 9.17) is 0 Å². The first-order valence-corrected chi connectivity index (χ1v) is 12.1. The smallest absolute Gasteiger partial charge is 0.243 e. The van der Waals surface area contributed by atoms with E-state index < -0.39 is 16.1 Å². The molecule has 9 heteroatoms. The summed E-state index contributed by atoms with van der Waals surface area (Å²) in [6.07, 6.45) is 2.96. The lowest BCUT2D eigenvalue weighted by Crippen LogP contribution is -2.43. The van der Waals surface area contributed by atoms with Crippen LogP contribution in [0, 0.1) is 5.92 Å². The lowest BCUT2D eigenvalue weighted by Gasteiger charge is -2.23. The molecule has 2 aromatic carbocycles. The van der Waals surface area contributed by atoms with Crippen LogP contribution in [0.5, 0.6) is 0 Å². The van der Waals surface area contributed by atoms with Crippen LogP contribution in [0.15, 0.2) is 57.9 Å². The highest BCUT2D eigenvalue weighted by atomic mass is 79.9. The standard InChI is InChI=1S/C21H22BrN3O4S/c22-15-5-11-18(12-6-15)30(28,29)25-13-1-2-19(25)21(27)24-17-9-7-16(8-10-17)23-20(26)14-3-4-14/h5-12,14,19H,1-4,13H2,(H,23,26)(H,24,27). The van der Waals surface area contributed by atoms with Gasteiger partial charge < -0.3 is 10.6 Å². The fourth-order valence-corrected chi connectivity index (χ4v) is 5.40. The molecule has 2 aromatic rings. The molecule has 4 rings (SSSR count). The molecule has 1 heterocycles. The predicted octanol–water partition coefficient (Wildman–Crippen LogP) is 3.59. The average molecular weight is 492 g/mol. The Bertz CT molecular complexity index is 1050. The molecule has 1 atom stereocenters. The second kappa shape index (κ2) is 8.49. The van der Waals surface area contributed by atoms with Crippen LogP contribution in [0.3, 0.4) is 0 Å². The maximum atomic E-state index is 13.0. The second-order valence-electron chi connectivity index (χ2n) is 7.56. The van der Waals surface area contributed by atoms with Gasteiger partial charge in [0.25, 0.3) is 0 Å². The van der Waals surface area contributed by atoms with Crippen molar-refractivity contribution in [1.29, 1.82) is 0 Å². The summed E-state index contributed by atoms with van der Waals surface area (Å²) in [4.78, 5) is 24.8. The molecule has 1 unspecified atom stereocenters. The van der Waals surface area contributed by atoms with Gasteiger partial charge in [-0.2, -0.15) is 4.31 Å². The molecule has 2 fully saturated rings. The summed E-state index contributed by atoms with van der Waals surface area (Å²) in [7, 11) is -3.76. The second-order valence-corrected chi connectivity index (χ2v) is 10.4. The molecule has 30 heavy (non-hydrogen) atoms. The Kier molecular flexibility index (Phi) is 5.95. The predicted molar refractivity (Wildman–Crippen MR) is 117 cm³/mol. The van der Waals surface area contributed by atoms with Crippen molar-refractivity contribution >= 4 is 49.1 Å². The Labute approximate surface area is 184 Å². The first kappa shape index (κ1) is 21.0. The Morgan fingerprint density at radius 1 is 0.867 bits per heavy atom. The normalized spacial score (nSPS) is 19.4. The van der Waals surface area contributed by atoms with E-state index in [0.717, 1.165) is 17.3 Å². The molecule has 0 aromatic heterocycles. The third kappa shape index (κ3) is 4.58. The highest BCUT2D eigenvalue weighted by Gasteiger charge is 2.39. The highest BCUT2D eigenvalue weighted by Crippen LogP contribution is 2.31. The molecule has 1 saturated carbocycles. The van der Waals surface area contributed by atoms with Crippen molar-refractivity contribution in [3.63, 3.8) is 0 Å². The summed E-state index contributed by atoms with van der Waals surface area (Å²) in [5.74, 6) is -0.222. The third-order valence-electron chi connectivity index (χ3n) is 5.29. The molecule has 0 spiro atoms. The lowest BCUT2D eigenvalue weighted by molar-refractivity contribution is -0.119. The van der Waals surface area contributed by atoms with Crippen LogP contribution in [0.25, 0.3) is 0 Å². The minimum absolute atomic E-state index is 0.0199. The van der Waals surface area contributed by atoms with Crippen molar-refractivity contribution < 1.29 is 18.0 Å². The molecular formula is C21H22BrN3O4S. The van der Waals surface area contributed by atoms with Gasteiger partial charge in [-0.25, -0.2) is 8.42 Å². The summed E-state index contributed by atoms with van der Waals surface area (Å²) in [5, 5.41) is 5.64. The molecule has 0 radical (unpaired) electrons. The van der Waals surface area contributed by atoms with Crippen LogP contribution in [0.1, 0.15) is 25.7 Å². The van der Waals surface area contributed by atoms with E-state index in [2.05, 4.69) is 26.6 Å². The summed E-state index contributed by atoms with van der Waals surface area (Å²) < 4.78 is 28.1. The summed E-state index contributed by atoms with van der Waals surface area (Å²) >= 11 is 3.30. The molecule has 2 N–H and O–H groups in total. The minimum atomic E-state index is -3.76. The maximum Gasteiger partial charge on any atom is 0.243 e. The van der Waals surface area contributed by atoms with Crippen LogP contribution in [-0.2, 0) is 19.6 Å². The number of amides is 2. The summed E-state index contributed by atoms with van der Waals surface area (Å²) in [5.41, 5.74) is 1.22. The third-order valence-corrected chi connectivity index (χ3v) is 7.75. The fraction of sp³-hybridized carbons (Fsp3) is 0.333. The van der Waals surface area contributed by atoms with Gasteiger partial charge in [-0.05, 0) is 74.2 Å². The zero-order valence-electron chi connectivity index (χ0n) is 16.2. The van der Waals surface area contributed by atoms with Crippen molar-refractivity contribution in [1.82, 2.24) is 4.31 Å². The number of benzene rings is 2. The van der Waals surface area contributed by atoms with E-state index in [1.54, 1.807) is 36.4 Å². The van der Waals surface area contributed by atoms with Gasteiger partial charge in [0.05, 0.1) is 4.90 Å². The molecule has 7 nitrogen and oxygen atoms in total. The summed E-state index contributed by atoms with van der Waals surface area (Å²) in [6, 6.07) is 12.5. The molecule has 2 amide bonds. The number of carbonyl (C=O) groups is 2. The van der Waals surface area contributed by atoms with E-state index in [-0.39, 0.29) is 22.6 Å². The van der Waals surface area contributed by atoms with Crippen molar-refractivity contribution in [2.45, 2.75) is 36.6 Å². The first-order valence-electron chi connectivity index (χ1n) is 9.84. The Hall–Kier alpha value is -2.23. The Balaban J connectivity index is 1.43. The monoisotopic (exact) mass is 491 g/mol. The van der Waals surface area contributed by atoms with Crippen LogP contribution in [-0.4, -0.2) is 37.1 Å². The minimum Gasteiger partial charge on any atom is -0.326 e. The van der Waals surface area contributed by atoms with Gasteiger partial charge in [-0.1, -0.05) is 15.9 Å². The maximum absolute atomic E-state index is 13.0.